The highest BCUT2D eigenvalue weighted by molar-refractivity contribution is 14.0. The molecule has 0 saturated heterocycles. The minimum absolute atomic E-state index is 0. The molecule has 1 aliphatic heterocycles. The molecule has 2 heterocycles. The van der Waals surface area contributed by atoms with E-state index in [2.05, 4.69) is 10.3 Å². The van der Waals surface area contributed by atoms with E-state index in [0.717, 1.165) is 22.6 Å². The average Bonchev–Trinajstić information content (AvgIpc) is 3.09. The predicted molar refractivity (Wildman–Crippen MR) is 108 cm³/mol. The number of guanidine groups is 1. The van der Waals surface area contributed by atoms with Gasteiger partial charge in [0.15, 0.2) is 5.96 Å². The number of rotatable bonds is 4. The topological polar surface area (TPSA) is 79.9 Å². The molecule has 0 fully saturated rings. The Labute approximate surface area is 163 Å². The van der Waals surface area contributed by atoms with Gasteiger partial charge in [0.1, 0.15) is 11.4 Å². The number of hydrogen-bond acceptors (Lipinski definition) is 4. The molecule has 24 heavy (non-hydrogen) atoms. The van der Waals surface area contributed by atoms with E-state index in [-0.39, 0.29) is 36.6 Å². The van der Waals surface area contributed by atoms with Crippen LogP contribution in [0, 0.1) is 0 Å². The zero-order chi connectivity index (χ0) is 16.3. The van der Waals surface area contributed by atoms with E-state index in [1.165, 1.54) is 11.3 Å². The first kappa shape index (κ1) is 19.0. The Morgan fingerprint density at radius 1 is 1.42 bits per heavy atom. The first-order chi connectivity index (χ1) is 11.1. The zero-order valence-corrected chi connectivity index (χ0v) is 16.6. The highest BCUT2D eigenvalue weighted by atomic mass is 127. The van der Waals surface area contributed by atoms with Crippen LogP contribution in [0.3, 0.4) is 0 Å². The van der Waals surface area contributed by atoms with Gasteiger partial charge < -0.3 is 20.9 Å². The van der Waals surface area contributed by atoms with Gasteiger partial charge in [-0.2, -0.15) is 0 Å². The molecule has 0 amide bonds. The maximum atomic E-state index is 10.5. The lowest BCUT2D eigenvalue weighted by molar-refractivity contribution is 0.0711. The fraction of sp³-hybridized carbons (Fsp3) is 0.353. The van der Waals surface area contributed by atoms with E-state index >= 15 is 0 Å². The summed E-state index contributed by atoms with van der Waals surface area (Å²) >= 11 is 1.51. The molecule has 0 aliphatic carbocycles. The molecule has 0 bridgehead atoms. The number of thiophene rings is 1. The largest absolute Gasteiger partial charge is 0.493 e. The van der Waals surface area contributed by atoms with Crippen molar-refractivity contribution in [1.29, 1.82) is 0 Å². The van der Waals surface area contributed by atoms with Gasteiger partial charge in [-0.25, -0.2) is 0 Å². The van der Waals surface area contributed by atoms with Gasteiger partial charge >= 0.3 is 0 Å². The molecule has 7 heteroatoms. The van der Waals surface area contributed by atoms with Crippen LogP contribution in [0.1, 0.15) is 29.8 Å². The van der Waals surface area contributed by atoms with Crippen LogP contribution in [0.5, 0.6) is 5.75 Å². The van der Waals surface area contributed by atoms with Gasteiger partial charge in [-0.3, -0.25) is 4.99 Å². The summed E-state index contributed by atoms with van der Waals surface area (Å²) in [6.07, 6.45) is 0.828. The van der Waals surface area contributed by atoms with E-state index in [1.54, 1.807) is 6.92 Å². The number of benzene rings is 1. The summed E-state index contributed by atoms with van der Waals surface area (Å²) in [7, 11) is 0. The molecule has 0 radical (unpaired) electrons. The van der Waals surface area contributed by atoms with Crippen molar-refractivity contribution in [2.75, 3.05) is 13.2 Å². The van der Waals surface area contributed by atoms with E-state index < -0.39 is 5.60 Å². The minimum Gasteiger partial charge on any atom is -0.493 e. The molecule has 0 spiro atoms. The van der Waals surface area contributed by atoms with Crippen LogP contribution in [0.15, 0.2) is 46.8 Å². The van der Waals surface area contributed by atoms with Crippen molar-refractivity contribution in [3.05, 3.63) is 52.2 Å². The highest BCUT2D eigenvalue weighted by Crippen LogP contribution is 2.31. The van der Waals surface area contributed by atoms with Crippen molar-refractivity contribution in [3.8, 4) is 5.75 Å². The van der Waals surface area contributed by atoms with Crippen LogP contribution in [0.25, 0.3) is 0 Å². The maximum Gasteiger partial charge on any atom is 0.189 e. The maximum absolute atomic E-state index is 10.5. The number of aliphatic imine (C=N–C) groups is 1. The molecule has 2 unspecified atom stereocenters. The SMILES string of the molecule is CC(O)(CN=C(N)NC1CCOc2ccccc21)c1cccs1.I. The predicted octanol–water partition coefficient (Wildman–Crippen LogP) is 3.00. The molecule has 5 nitrogen and oxygen atoms in total. The summed E-state index contributed by atoms with van der Waals surface area (Å²) in [5.41, 5.74) is 6.09. The van der Waals surface area contributed by atoms with Gasteiger partial charge in [-0.1, -0.05) is 24.3 Å². The Bertz CT molecular complexity index is 689. The van der Waals surface area contributed by atoms with Crippen LogP contribution >= 0.6 is 35.3 Å². The normalized spacial score (nSPS) is 19.4. The Hall–Kier alpha value is -1.32. The average molecular weight is 459 g/mol. The lowest BCUT2D eigenvalue weighted by Gasteiger charge is -2.27. The number of hydrogen-bond donors (Lipinski definition) is 3. The van der Waals surface area contributed by atoms with Crippen LogP contribution in [-0.4, -0.2) is 24.2 Å². The van der Waals surface area contributed by atoms with Crippen molar-refractivity contribution in [2.45, 2.75) is 25.0 Å². The third kappa shape index (κ3) is 4.40. The molecule has 4 N–H and O–H groups in total. The molecule has 1 aromatic carbocycles. The van der Waals surface area contributed by atoms with Gasteiger partial charge in [0.25, 0.3) is 0 Å². The molecule has 2 aromatic rings. The van der Waals surface area contributed by atoms with Crippen molar-refractivity contribution in [2.24, 2.45) is 10.7 Å². The fourth-order valence-corrected chi connectivity index (χ4v) is 3.40. The first-order valence-corrected chi connectivity index (χ1v) is 8.49. The number of fused-ring (bicyclic) bond motifs is 1. The van der Waals surface area contributed by atoms with Gasteiger partial charge in [0.05, 0.1) is 19.2 Å². The molecule has 0 saturated carbocycles. The molecule has 2 atom stereocenters. The van der Waals surface area contributed by atoms with Gasteiger partial charge in [-0.15, -0.1) is 35.3 Å². The summed E-state index contributed by atoms with van der Waals surface area (Å²) < 4.78 is 5.64. The van der Waals surface area contributed by atoms with Crippen LogP contribution in [0.4, 0.5) is 0 Å². The Morgan fingerprint density at radius 2 is 2.21 bits per heavy atom. The standard InChI is InChI=1S/C17H21N3O2S.HI/c1-17(21,15-7-4-10-23-15)11-19-16(18)20-13-8-9-22-14-6-3-2-5-12(13)14;/h2-7,10,13,21H,8-9,11H2,1H3,(H3,18,19,20);1H. The minimum atomic E-state index is -1.01. The van der Waals surface area contributed by atoms with E-state index in [1.807, 2.05) is 41.8 Å². The van der Waals surface area contributed by atoms with Crippen LogP contribution < -0.4 is 15.8 Å². The molecule has 3 rings (SSSR count). The smallest absolute Gasteiger partial charge is 0.189 e. The zero-order valence-electron chi connectivity index (χ0n) is 13.4. The van der Waals surface area contributed by atoms with Crippen LogP contribution in [-0.2, 0) is 5.60 Å². The summed E-state index contributed by atoms with van der Waals surface area (Å²) in [4.78, 5) is 5.20. The number of halogens is 1. The Balaban J connectivity index is 0.00000208. The number of ether oxygens (including phenoxy) is 1. The molecule has 1 aromatic heterocycles. The molecular formula is C17H22IN3O2S. The third-order valence-electron chi connectivity index (χ3n) is 3.89. The summed E-state index contributed by atoms with van der Waals surface area (Å²) in [6.45, 7) is 2.62. The van der Waals surface area contributed by atoms with Crippen molar-refractivity contribution >= 4 is 41.3 Å². The molecular weight excluding hydrogens is 437 g/mol. The fourth-order valence-electron chi connectivity index (χ4n) is 2.62. The van der Waals surface area contributed by atoms with E-state index in [9.17, 15) is 5.11 Å². The quantitative estimate of drug-likeness (QED) is 0.373. The Morgan fingerprint density at radius 3 is 2.96 bits per heavy atom. The highest BCUT2D eigenvalue weighted by Gasteiger charge is 2.25. The number of para-hydroxylation sites is 1. The number of nitrogens with one attached hydrogen (secondary N) is 1. The second-order valence-electron chi connectivity index (χ2n) is 5.82. The van der Waals surface area contributed by atoms with Crippen LogP contribution in [0.2, 0.25) is 0 Å². The molecule has 130 valence electrons. The number of nitrogens with zero attached hydrogens (tertiary/aromatic N) is 1. The summed E-state index contributed by atoms with van der Waals surface area (Å²) in [6, 6.07) is 11.8. The Kier molecular flexibility index (Phi) is 6.47. The summed E-state index contributed by atoms with van der Waals surface area (Å²) in [5, 5.41) is 15.7. The number of aliphatic hydroxyl groups is 1. The molecule has 1 aliphatic rings. The van der Waals surface area contributed by atoms with Crippen molar-refractivity contribution in [1.82, 2.24) is 5.32 Å². The van der Waals surface area contributed by atoms with Crippen molar-refractivity contribution < 1.29 is 9.84 Å². The second kappa shape index (κ2) is 8.17. The van der Waals surface area contributed by atoms with Crippen molar-refractivity contribution in [3.63, 3.8) is 0 Å². The van der Waals surface area contributed by atoms with E-state index in [0.29, 0.717) is 12.6 Å². The second-order valence-corrected chi connectivity index (χ2v) is 6.77. The van der Waals surface area contributed by atoms with Gasteiger partial charge in [-0.05, 0) is 24.4 Å². The summed E-state index contributed by atoms with van der Waals surface area (Å²) in [5.74, 6) is 1.22. The third-order valence-corrected chi connectivity index (χ3v) is 5.01. The first-order valence-electron chi connectivity index (χ1n) is 7.61. The van der Waals surface area contributed by atoms with E-state index in [4.69, 9.17) is 10.5 Å². The van der Waals surface area contributed by atoms with Gasteiger partial charge in [0.2, 0.25) is 0 Å². The lowest BCUT2D eigenvalue weighted by Crippen LogP contribution is -2.38. The monoisotopic (exact) mass is 459 g/mol. The lowest BCUT2D eigenvalue weighted by atomic mass is 10.0. The number of nitrogens with two attached hydrogens (primary N) is 1. The van der Waals surface area contributed by atoms with Gasteiger partial charge in [0, 0.05) is 16.9 Å².